The first-order valence-corrected chi connectivity index (χ1v) is 19.1. The smallest absolute Gasteiger partial charge is 0.394 e. The fourth-order valence-corrected chi connectivity index (χ4v) is 6.28. The van der Waals surface area contributed by atoms with E-state index >= 15 is 0 Å². The molecule has 11 nitrogen and oxygen atoms in total. The SMILES string of the molecule is CC(C)OC(=O)[C@H](O)C[C@@H](Cc1ccc(-c2cc(Cl)ccc2Cl)cc1)NC(=O)C(=O)O.CCOC(=O)[C@H](O)C[C@H](N)Cc1ccc(-c2cc(Cl)ccc2Cl)cc1. The van der Waals surface area contributed by atoms with E-state index in [0.717, 1.165) is 33.4 Å². The summed E-state index contributed by atoms with van der Waals surface area (Å²) in [4.78, 5) is 45.9. The molecule has 0 aliphatic rings. The zero-order valence-electron chi connectivity index (χ0n) is 30.9. The number of aliphatic carboxylic acids is 1. The fourth-order valence-electron chi connectivity index (χ4n) is 5.49. The van der Waals surface area contributed by atoms with Crippen LogP contribution in [0, 0.1) is 0 Å². The van der Waals surface area contributed by atoms with Crippen LogP contribution in [0.1, 0.15) is 44.7 Å². The van der Waals surface area contributed by atoms with Crippen molar-refractivity contribution in [2.24, 2.45) is 5.73 Å². The third-order valence-corrected chi connectivity index (χ3v) is 9.24. The Morgan fingerprint density at radius 3 is 1.61 bits per heavy atom. The van der Waals surface area contributed by atoms with Crippen LogP contribution >= 0.6 is 46.4 Å². The van der Waals surface area contributed by atoms with E-state index in [9.17, 15) is 29.4 Å². The van der Waals surface area contributed by atoms with E-state index in [0.29, 0.717) is 26.5 Å². The molecule has 0 spiro atoms. The number of esters is 2. The van der Waals surface area contributed by atoms with Gasteiger partial charge in [-0.15, -0.1) is 0 Å². The number of aliphatic hydroxyl groups excluding tert-OH is 2. The number of carbonyl (C=O) groups is 4. The van der Waals surface area contributed by atoms with Gasteiger partial charge in [-0.25, -0.2) is 14.4 Å². The van der Waals surface area contributed by atoms with Gasteiger partial charge in [0.1, 0.15) is 0 Å². The van der Waals surface area contributed by atoms with Crippen molar-refractivity contribution in [3.8, 4) is 22.3 Å². The second kappa shape index (κ2) is 22.5. The average Bonchev–Trinajstić information content (AvgIpc) is 3.14. The number of aliphatic hydroxyl groups is 2. The lowest BCUT2D eigenvalue weighted by Gasteiger charge is -2.21. The van der Waals surface area contributed by atoms with E-state index in [4.69, 9.17) is 66.7 Å². The minimum atomic E-state index is -1.66. The number of hydrogen-bond donors (Lipinski definition) is 5. The lowest BCUT2D eigenvalue weighted by Crippen LogP contribution is -2.43. The average molecular weight is 851 g/mol. The minimum Gasteiger partial charge on any atom is -0.474 e. The Bertz CT molecular complexity index is 1940. The van der Waals surface area contributed by atoms with Crippen molar-refractivity contribution in [3.05, 3.63) is 116 Å². The number of nitrogens with one attached hydrogen (secondary N) is 1. The summed E-state index contributed by atoms with van der Waals surface area (Å²) in [5.74, 6) is -4.36. The summed E-state index contributed by atoms with van der Waals surface area (Å²) in [6.07, 6.45) is -2.44. The van der Waals surface area contributed by atoms with Crippen LogP contribution in [-0.4, -0.2) is 76.1 Å². The molecule has 4 aromatic rings. The van der Waals surface area contributed by atoms with Crippen molar-refractivity contribution in [2.75, 3.05) is 6.61 Å². The van der Waals surface area contributed by atoms with Gasteiger partial charge in [0.05, 0.1) is 12.7 Å². The first-order chi connectivity index (χ1) is 26.5. The number of hydrogen-bond acceptors (Lipinski definition) is 9. The van der Waals surface area contributed by atoms with Gasteiger partial charge in [-0.2, -0.15) is 0 Å². The third-order valence-electron chi connectivity index (χ3n) is 8.11. The highest BCUT2D eigenvalue weighted by molar-refractivity contribution is 6.36. The van der Waals surface area contributed by atoms with Gasteiger partial charge in [0, 0.05) is 49.7 Å². The number of halogens is 4. The molecule has 0 bridgehead atoms. The second-order valence-corrected chi connectivity index (χ2v) is 14.7. The topological polar surface area (TPSA) is 185 Å². The van der Waals surface area contributed by atoms with Gasteiger partial charge < -0.3 is 35.8 Å². The molecule has 1 amide bonds. The van der Waals surface area contributed by atoms with E-state index in [2.05, 4.69) is 5.32 Å². The van der Waals surface area contributed by atoms with Gasteiger partial charge in [0.15, 0.2) is 12.2 Å². The van der Waals surface area contributed by atoms with E-state index in [1.807, 2.05) is 42.5 Å². The summed E-state index contributed by atoms with van der Waals surface area (Å²) in [6.45, 7) is 5.21. The first kappa shape index (κ1) is 46.2. The molecule has 6 N–H and O–H groups in total. The van der Waals surface area contributed by atoms with Gasteiger partial charge in [-0.1, -0.05) is 94.9 Å². The van der Waals surface area contributed by atoms with E-state index in [-0.39, 0.29) is 31.9 Å². The van der Waals surface area contributed by atoms with Crippen molar-refractivity contribution in [3.63, 3.8) is 0 Å². The number of carboxylic acids is 1. The molecule has 0 saturated heterocycles. The van der Waals surface area contributed by atoms with Crippen molar-refractivity contribution >= 4 is 70.2 Å². The molecule has 0 fully saturated rings. The van der Waals surface area contributed by atoms with Crippen molar-refractivity contribution in [1.82, 2.24) is 5.32 Å². The van der Waals surface area contributed by atoms with Gasteiger partial charge >= 0.3 is 23.8 Å². The third kappa shape index (κ3) is 15.0. The first-order valence-electron chi connectivity index (χ1n) is 17.6. The molecule has 0 heterocycles. The van der Waals surface area contributed by atoms with E-state index in [1.54, 1.807) is 63.2 Å². The molecular formula is C41H44Cl4N2O9. The number of amides is 1. The quantitative estimate of drug-likeness (QED) is 0.0600. The van der Waals surface area contributed by atoms with Crippen molar-refractivity contribution in [1.29, 1.82) is 0 Å². The van der Waals surface area contributed by atoms with Crippen LogP contribution in [0.15, 0.2) is 84.9 Å². The molecule has 4 aromatic carbocycles. The number of benzene rings is 4. The normalized spacial score (nSPS) is 13.1. The van der Waals surface area contributed by atoms with Crippen LogP contribution in [0.4, 0.5) is 0 Å². The summed E-state index contributed by atoms with van der Waals surface area (Å²) in [7, 11) is 0. The fraction of sp³-hybridized carbons (Fsp3) is 0.317. The summed E-state index contributed by atoms with van der Waals surface area (Å²) in [5.41, 5.74) is 11.2. The Balaban J connectivity index is 0.000000307. The van der Waals surface area contributed by atoms with Gasteiger partial charge in [0.25, 0.3) is 0 Å². The van der Waals surface area contributed by atoms with Crippen LogP contribution in [0.25, 0.3) is 22.3 Å². The zero-order chi connectivity index (χ0) is 41.5. The van der Waals surface area contributed by atoms with Crippen LogP contribution in [0.3, 0.4) is 0 Å². The van der Waals surface area contributed by atoms with Crippen LogP contribution in [0.5, 0.6) is 0 Å². The molecule has 4 rings (SSSR count). The van der Waals surface area contributed by atoms with Crippen molar-refractivity contribution < 1.29 is 44.0 Å². The van der Waals surface area contributed by atoms with Crippen molar-refractivity contribution in [2.45, 2.75) is 76.9 Å². The lowest BCUT2D eigenvalue weighted by atomic mass is 9.97. The summed E-state index contributed by atoms with van der Waals surface area (Å²) in [6, 6.07) is 24.3. The lowest BCUT2D eigenvalue weighted by molar-refractivity contribution is -0.158. The number of nitrogens with two attached hydrogens (primary N) is 1. The largest absolute Gasteiger partial charge is 0.474 e. The molecule has 0 saturated carbocycles. The highest BCUT2D eigenvalue weighted by atomic mass is 35.5. The zero-order valence-corrected chi connectivity index (χ0v) is 33.9. The second-order valence-electron chi connectivity index (χ2n) is 13.0. The monoisotopic (exact) mass is 848 g/mol. The number of carboxylic acid groups (broad SMARTS) is 1. The van der Waals surface area contributed by atoms with Crippen LogP contribution in [0.2, 0.25) is 20.1 Å². The molecule has 0 unspecified atom stereocenters. The van der Waals surface area contributed by atoms with E-state index in [1.165, 1.54) is 0 Å². The van der Waals surface area contributed by atoms with Crippen LogP contribution < -0.4 is 11.1 Å². The molecule has 56 heavy (non-hydrogen) atoms. The Labute approximate surface area is 345 Å². The summed E-state index contributed by atoms with van der Waals surface area (Å²) >= 11 is 24.5. The molecule has 300 valence electrons. The molecular weight excluding hydrogens is 806 g/mol. The predicted octanol–water partition coefficient (Wildman–Crippen LogP) is 7.32. The van der Waals surface area contributed by atoms with Crippen LogP contribution in [-0.2, 0) is 41.5 Å². The number of ether oxygens (including phenoxy) is 2. The maximum absolute atomic E-state index is 11.9. The molecule has 0 radical (unpaired) electrons. The molecule has 15 heteroatoms. The highest BCUT2D eigenvalue weighted by Crippen LogP contribution is 2.32. The predicted molar refractivity (Wildman–Crippen MR) is 218 cm³/mol. The maximum Gasteiger partial charge on any atom is 0.394 e. The molecule has 0 aromatic heterocycles. The Kier molecular flexibility index (Phi) is 18.6. The Hall–Kier alpha value is -4.20. The highest BCUT2D eigenvalue weighted by Gasteiger charge is 2.26. The Morgan fingerprint density at radius 1 is 0.696 bits per heavy atom. The number of rotatable bonds is 15. The standard InChI is InChI=1S/C22H23Cl2NO6.C19H21Cl2NO3/c1-12(2)31-22(30)19(26)11-16(25-20(27)21(28)29)9-13-3-5-14(6-4-13)17-10-15(23)7-8-18(17)24;1-2-25-19(24)18(23)11-15(22)9-12-3-5-13(6-4-12)16-10-14(20)7-8-17(16)21/h3-8,10,12,16,19,26H,9,11H2,1-2H3,(H,25,27)(H,28,29);3-8,10,15,18,23H,2,9,11,22H2,1H3/t16-,19-;15-,18-/m11/s1. The Morgan fingerprint density at radius 2 is 1.16 bits per heavy atom. The van der Waals surface area contributed by atoms with Gasteiger partial charge in [0.2, 0.25) is 0 Å². The molecule has 0 aliphatic heterocycles. The minimum absolute atomic E-state index is 0.153. The number of carbonyl (C=O) groups excluding carboxylic acids is 3. The molecule has 0 aliphatic carbocycles. The van der Waals surface area contributed by atoms with Gasteiger partial charge in [-0.3, -0.25) is 4.79 Å². The van der Waals surface area contributed by atoms with E-state index < -0.39 is 48.2 Å². The molecule has 4 atom stereocenters. The van der Waals surface area contributed by atoms with Gasteiger partial charge in [-0.05, 0) is 98.7 Å². The maximum atomic E-state index is 11.9. The summed E-state index contributed by atoms with van der Waals surface area (Å²) < 4.78 is 9.73. The summed E-state index contributed by atoms with van der Waals surface area (Å²) in [5, 5.41) is 33.4.